The van der Waals surface area contributed by atoms with Gasteiger partial charge in [0.2, 0.25) is 0 Å². The summed E-state index contributed by atoms with van der Waals surface area (Å²) in [4.78, 5) is 12.3. The number of benzene rings is 1. The Kier molecular flexibility index (Phi) is 6.09. The van der Waals surface area contributed by atoms with E-state index in [2.05, 4.69) is 19.2 Å². The van der Waals surface area contributed by atoms with Gasteiger partial charge in [-0.3, -0.25) is 4.79 Å². The van der Waals surface area contributed by atoms with Crippen molar-refractivity contribution in [1.29, 1.82) is 0 Å². The molecule has 1 aromatic rings. The molecule has 0 spiro atoms. The van der Waals surface area contributed by atoms with Crippen molar-refractivity contribution >= 4 is 5.91 Å². The molecule has 0 aromatic heterocycles. The van der Waals surface area contributed by atoms with Crippen LogP contribution in [-0.2, 0) is 0 Å². The predicted octanol–water partition coefficient (Wildman–Crippen LogP) is 4.17. The lowest BCUT2D eigenvalue weighted by atomic mass is 9.86. The summed E-state index contributed by atoms with van der Waals surface area (Å²) in [5, 5.41) is 3.18. The molecule has 0 aliphatic heterocycles. The van der Waals surface area contributed by atoms with Crippen LogP contribution in [0.2, 0.25) is 0 Å². The molecule has 1 fully saturated rings. The zero-order chi connectivity index (χ0) is 15.1. The van der Waals surface area contributed by atoms with E-state index in [1.807, 2.05) is 24.3 Å². The second-order valence-corrected chi connectivity index (χ2v) is 6.07. The van der Waals surface area contributed by atoms with Crippen molar-refractivity contribution in [3.05, 3.63) is 29.8 Å². The second-order valence-electron chi connectivity index (χ2n) is 6.07. The highest BCUT2D eigenvalue weighted by Crippen LogP contribution is 2.24. The van der Waals surface area contributed by atoms with Crippen LogP contribution >= 0.6 is 0 Å². The van der Waals surface area contributed by atoms with Gasteiger partial charge in [-0.2, -0.15) is 0 Å². The van der Waals surface area contributed by atoms with Crippen molar-refractivity contribution in [2.24, 2.45) is 5.92 Å². The number of hydrogen-bond donors (Lipinski definition) is 1. The van der Waals surface area contributed by atoms with Crippen LogP contribution in [0.3, 0.4) is 0 Å². The Morgan fingerprint density at radius 1 is 1.24 bits per heavy atom. The van der Waals surface area contributed by atoms with Crippen LogP contribution in [0.25, 0.3) is 0 Å². The van der Waals surface area contributed by atoms with E-state index >= 15 is 0 Å². The van der Waals surface area contributed by atoms with Crippen molar-refractivity contribution in [3.8, 4) is 5.75 Å². The molecule has 2 atom stereocenters. The second kappa shape index (κ2) is 8.06. The molecule has 1 N–H and O–H groups in total. The van der Waals surface area contributed by atoms with Crippen LogP contribution in [0.5, 0.6) is 5.75 Å². The molecule has 3 heteroatoms. The van der Waals surface area contributed by atoms with Crippen LogP contribution < -0.4 is 10.1 Å². The molecule has 0 radical (unpaired) electrons. The van der Waals surface area contributed by atoms with Crippen LogP contribution in [0, 0.1) is 5.92 Å². The SMILES string of the molecule is CCCCOc1ccc(C(=O)N[C@@H]2CCCC[C@@H]2C)cc1. The van der Waals surface area contributed by atoms with Crippen LogP contribution in [0.1, 0.15) is 62.7 Å². The standard InChI is InChI=1S/C18H27NO2/c1-3-4-13-21-16-11-9-15(10-12-16)18(20)19-17-8-6-5-7-14(17)2/h9-12,14,17H,3-8,13H2,1-2H3,(H,19,20)/t14-,17+/m0/s1. The van der Waals surface area contributed by atoms with Gasteiger partial charge in [-0.25, -0.2) is 0 Å². The minimum atomic E-state index is 0.0360. The molecule has 0 saturated heterocycles. The Morgan fingerprint density at radius 2 is 1.95 bits per heavy atom. The number of carbonyl (C=O) groups excluding carboxylic acids is 1. The minimum absolute atomic E-state index is 0.0360. The van der Waals surface area contributed by atoms with E-state index < -0.39 is 0 Å². The van der Waals surface area contributed by atoms with Crippen LogP contribution in [0.4, 0.5) is 0 Å². The molecule has 3 nitrogen and oxygen atoms in total. The van der Waals surface area contributed by atoms with Gasteiger partial charge < -0.3 is 10.1 Å². The average Bonchev–Trinajstić information content (AvgIpc) is 2.50. The lowest BCUT2D eigenvalue weighted by molar-refractivity contribution is 0.0910. The number of carbonyl (C=O) groups is 1. The largest absolute Gasteiger partial charge is 0.494 e. The van der Waals surface area contributed by atoms with E-state index in [1.165, 1.54) is 19.3 Å². The van der Waals surface area contributed by atoms with E-state index in [-0.39, 0.29) is 5.91 Å². The van der Waals surface area contributed by atoms with Crippen molar-refractivity contribution in [3.63, 3.8) is 0 Å². The first-order valence-electron chi connectivity index (χ1n) is 8.24. The van der Waals surface area contributed by atoms with Crippen LogP contribution in [-0.4, -0.2) is 18.6 Å². The molecule has 0 unspecified atom stereocenters. The molecule has 1 aliphatic carbocycles. The summed E-state index contributed by atoms with van der Waals surface area (Å²) in [6.07, 6.45) is 7.01. The number of amides is 1. The van der Waals surface area contributed by atoms with Crippen molar-refractivity contribution in [2.75, 3.05) is 6.61 Å². The van der Waals surface area contributed by atoms with E-state index in [1.54, 1.807) is 0 Å². The first-order chi connectivity index (χ1) is 10.2. The smallest absolute Gasteiger partial charge is 0.251 e. The lowest BCUT2D eigenvalue weighted by Crippen LogP contribution is -2.41. The van der Waals surface area contributed by atoms with Crippen LogP contribution in [0.15, 0.2) is 24.3 Å². The molecule has 1 saturated carbocycles. The summed E-state index contributed by atoms with van der Waals surface area (Å²) >= 11 is 0. The lowest BCUT2D eigenvalue weighted by Gasteiger charge is -2.29. The number of hydrogen-bond acceptors (Lipinski definition) is 2. The molecule has 116 valence electrons. The van der Waals surface area contributed by atoms with Gasteiger partial charge in [0, 0.05) is 11.6 Å². The van der Waals surface area contributed by atoms with Crippen molar-refractivity contribution in [2.45, 2.75) is 58.4 Å². The van der Waals surface area contributed by atoms with E-state index in [0.29, 0.717) is 12.0 Å². The van der Waals surface area contributed by atoms with E-state index in [9.17, 15) is 4.79 Å². The normalized spacial score (nSPS) is 21.8. The molecule has 2 rings (SSSR count). The molecular weight excluding hydrogens is 262 g/mol. The molecule has 0 heterocycles. The van der Waals surface area contributed by atoms with Gasteiger partial charge >= 0.3 is 0 Å². The highest BCUT2D eigenvalue weighted by Gasteiger charge is 2.23. The van der Waals surface area contributed by atoms with Gasteiger partial charge in [-0.05, 0) is 49.4 Å². The summed E-state index contributed by atoms with van der Waals surface area (Å²) in [6.45, 7) is 5.11. The summed E-state index contributed by atoms with van der Waals surface area (Å²) in [5.41, 5.74) is 0.718. The Balaban J connectivity index is 1.87. The summed E-state index contributed by atoms with van der Waals surface area (Å²) < 4.78 is 5.62. The topological polar surface area (TPSA) is 38.3 Å². The third-order valence-corrected chi connectivity index (χ3v) is 4.31. The van der Waals surface area contributed by atoms with E-state index in [4.69, 9.17) is 4.74 Å². The molecule has 1 amide bonds. The fraction of sp³-hybridized carbons (Fsp3) is 0.611. The minimum Gasteiger partial charge on any atom is -0.494 e. The number of nitrogens with one attached hydrogen (secondary N) is 1. The maximum atomic E-state index is 12.3. The van der Waals surface area contributed by atoms with Gasteiger partial charge in [-0.1, -0.05) is 33.1 Å². The summed E-state index contributed by atoms with van der Waals surface area (Å²) in [5.74, 6) is 1.46. The molecule has 1 aliphatic rings. The molecular formula is C18H27NO2. The first-order valence-corrected chi connectivity index (χ1v) is 8.24. The molecule has 21 heavy (non-hydrogen) atoms. The van der Waals surface area contributed by atoms with Crippen molar-refractivity contribution < 1.29 is 9.53 Å². The van der Waals surface area contributed by atoms with E-state index in [0.717, 1.165) is 37.2 Å². The Bertz CT molecular complexity index is 441. The van der Waals surface area contributed by atoms with Gasteiger partial charge in [0.25, 0.3) is 5.91 Å². The van der Waals surface area contributed by atoms with Gasteiger partial charge in [-0.15, -0.1) is 0 Å². The predicted molar refractivity (Wildman–Crippen MR) is 85.7 cm³/mol. The average molecular weight is 289 g/mol. The Hall–Kier alpha value is -1.51. The number of ether oxygens (including phenoxy) is 1. The maximum Gasteiger partial charge on any atom is 0.251 e. The van der Waals surface area contributed by atoms with Gasteiger partial charge in [0.15, 0.2) is 0 Å². The number of unbranched alkanes of at least 4 members (excludes halogenated alkanes) is 1. The van der Waals surface area contributed by atoms with Gasteiger partial charge in [0.05, 0.1) is 6.61 Å². The molecule has 1 aromatic carbocycles. The highest BCUT2D eigenvalue weighted by atomic mass is 16.5. The fourth-order valence-corrected chi connectivity index (χ4v) is 2.82. The highest BCUT2D eigenvalue weighted by molar-refractivity contribution is 5.94. The zero-order valence-electron chi connectivity index (χ0n) is 13.2. The first kappa shape index (κ1) is 15.9. The third-order valence-electron chi connectivity index (χ3n) is 4.31. The fourth-order valence-electron chi connectivity index (χ4n) is 2.82. The third kappa shape index (κ3) is 4.76. The Morgan fingerprint density at radius 3 is 2.62 bits per heavy atom. The van der Waals surface area contributed by atoms with Gasteiger partial charge in [0.1, 0.15) is 5.75 Å². The Labute approximate surface area is 128 Å². The summed E-state index contributed by atoms with van der Waals surface area (Å²) in [6, 6.07) is 7.80. The van der Waals surface area contributed by atoms with Crippen molar-refractivity contribution in [1.82, 2.24) is 5.32 Å². The zero-order valence-corrected chi connectivity index (χ0v) is 13.2. The number of rotatable bonds is 6. The molecule has 0 bridgehead atoms. The summed E-state index contributed by atoms with van der Waals surface area (Å²) in [7, 11) is 0. The monoisotopic (exact) mass is 289 g/mol. The quantitative estimate of drug-likeness (QED) is 0.798. The maximum absolute atomic E-state index is 12.3.